The van der Waals surface area contributed by atoms with E-state index in [9.17, 15) is 4.79 Å². The average molecular weight is 141 g/mol. The van der Waals surface area contributed by atoms with Gasteiger partial charge in [-0.3, -0.25) is 4.79 Å². The van der Waals surface area contributed by atoms with E-state index in [0.717, 1.165) is 12.8 Å². The van der Waals surface area contributed by atoms with E-state index < -0.39 is 0 Å². The normalized spacial score (nSPS) is 32.1. The van der Waals surface area contributed by atoms with Crippen molar-refractivity contribution in [2.75, 3.05) is 0 Å². The third-order valence-corrected chi connectivity index (χ3v) is 1.93. The first-order valence-corrected chi connectivity index (χ1v) is 3.49. The smallest absolute Gasteiger partial charge is 0.226 e. The van der Waals surface area contributed by atoms with Crippen molar-refractivity contribution in [1.82, 2.24) is 0 Å². The molecule has 0 aromatic heterocycles. The van der Waals surface area contributed by atoms with Crippen LogP contribution in [0.2, 0.25) is 0 Å². The van der Waals surface area contributed by atoms with E-state index in [1.165, 1.54) is 0 Å². The number of allylic oxidation sites excluding steroid dienone is 1. The Bertz CT molecular complexity index is 165. The summed E-state index contributed by atoms with van der Waals surface area (Å²) in [6.07, 6.45) is 5.70. The van der Waals surface area contributed by atoms with Crippen LogP contribution in [-0.2, 0) is 4.79 Å². The molecule has 0 bridgehead atoms. The zero-order valence-electron chi connectivity index (χ0n) is 5.92. The largest absolute Gasteiger partial charge is 0.369 e. The first-order valence-electron chi connectivity index (χ1n) is 3.49. The van der Waals surface area contributed by atoms with Crippen molar-refractivity contribution >= 4 is 5.91 Å². The lowest BCUT2D eigenvalue weighted by atomic mass is 9.89. The van der Waals surface area contributed by atoms with Gasteiger partial charge in [-0.1, -0.05) is 12.2 Å². The Morgan fingerprint density at radius 2 is 2.10 bits per heavy atom. The van der Waals surface area contributed by atoms with Crippen LogP contribution in [0.25, 0.3) is 0 Å². The molecule has 0 spiro atoms. The van der Waals surface area contributed by atoms with Gasteiger partial charge in [0.05, 0.1) is 12.0 Å². The molecule has 1 rings (SSSR count). The van der Waals surface area contributed by atoms with Gasteiger partial charge in [-0.25, -0.2) is 0 Å². The monoisotopic (exact) mass is 141 g/mol. The zero-order chi connectivity index (χ0) is 7.56. The molecule has 1 amide bonds. The van der Waals surface area contributed by atoms with Crippen LogP contribution in [0.3, 0.4) is 0 Å². The Morgan fingerprint density at radius 3 is 2.50 bits per heavy atom. The van der Waals surface area contributed by atoms with Gasteiger partial charge in [-0.05, 0) is 6.42 Å². The zero-order valence-corrected chi connectivity index (χ0v) is 5.92. The summed E-state index contributed by atoms with van der Waals surface area (Å²) in [6.45, 7) is 0. The van der Waals surface area contributed by atoms with Crippen molar-refractivity contribution in [3.05, 3.63) is 12.2 Å². The second-order valence-corrected chi connectivity index (χ2v) is 2.71. The van der Waals surface area contributed by atoms with E-state index >= 15 is 0 Å². The number of carbonyl (C=O) groups is 1. The Balaban J connectivity index is 2.59. The molecule has 3 nitrogen and oxygen atoms in total. The second kappa shape index (κ2) is 2.84. The molecule has 0 radical (unpaired) electrons. The first-order chi connectivity index (χ1) is 4.72. The summed E-state index contributed by atoms with van der Waals surface area (Å²) in [6, 6.07) is 0.183. The van der Waals surface area contributed by atoms with Crippen molar-refractivity contribution in [2.24, 2.45) is 11.7 Å². The lowest BCUT2D eigenvalue weighted by Gasteiger charge is -2.18. The summed E-state index contributed by atoms with van der Waals surface area (Å²) < 4.78 is 0. The lowest BCUT2D eigenvalue weighted by Crippen LogP contribution is -2.66. The number of primary amides is 1. The van der Waals surface area contributed by atoms with Crippen LogP contribution < -0.4 is 11.5 Å². The highest BCUT2D eigenvalue weighted by Gasteiger charge is 2.26. The highest BCUT2D eigenvalue weighted by Crippen LogP contribution is 2.14. The van der Waals surface area contributed by atoms with Gasteiger partial charge in [0.2, 0.25) is 5.91 Å². The van der Waals surface area contributed by atoms with Gasteiger partial charge in [0.25, 0.3) is 0 Å². The molecule has 0 fully saturated rings. The van der Waals surface area contributed by atoms with E-state index in [0.29, 0.717) is 0 Å². The predicted octanol–water partition coefficient (Wildman–Crippen LogP) is -0.952. The Kier molecular flexibility index (Phi) is 2.06. The van der Waals surface area contributed by atoms with Crippen LogP contribution in [0.5, 0.6) is 0 Å². The number of quaternary nitrogens is 1. The fourth-order valence-electron chi connectivity index (χ4n) is 1.22. The average Bonchev–Trinajstić information content (AvgIpc) is 1.88. The molecule has 10 heavy (non-hydrogen) atoms. The summed E-state index contributed by atoms with van der Waals surface area (Å²) in [5.74, 6) is -0.255. The fraction of sp³-hybridized carbons (Fsp3) is 0.571. The molecule has 0 unspecified atom stereocenters. The molecule has 1 aliphatic carbocycles. The number of hydrogen-bond acceptors (Lipinski definition) is 1. The summed E-state index contributed by atoms with van der Waals surface area (Å²) in [5, 5.41) is 0. The Morgan fingerprint density at radius 1 is 1.50 bits per heavy atom. The van der Waals surface area contributed by atoms with Crippen molar-refractivity contribution in [1.29, 1.82) is 0 Å². The van der Waals surface area contributed by atoms with Crippen LogP contribution in [0.4, 0.5) is 0 Å². The molecule has 56 valence electrons. The van der Waals surface area contributed by atoms with Crippen molar-refractivity contribution in [2.45, 2.75) is 18.9 Å². The van der Waals surface area contributed by atoms with Crippen LogP contribution >= 0.6 is 0 Å². The summed E-state index contributed by atoms with van der Waals surface area (Å²) >= 11 is 0. The number of nitrogens with two attached hydrogens (primary N) is 1. The maximum absolute atomic E-state index is 10.7. The summed E-state index contributed by atoms with van der Waals surface area (Å²) in [4.78, 5) is 10.7. The Hall–Kier alpha value is -0.830. The molecule has 0 heterocycles. The van der Waals surface area contributed by atoms with Gasteiger partial charge in [0, 0.05) is 6.42 Å². The van der Waals surface area contributed by atoms with E-state index in [1.807, 2.05) is 6.08 Å². The molecule has 0 saturated heterocycles. The van der Waals surface area contributed by atoms with Gasteiger partial charge in [-0.15, -0.1) is 0 Å². The maximum atomic E-state index is 10.7. The third kappa shape index (κ3) is 1.36. The van der Waals surface area contributed by atoms with E-state index in [-0.39, 0.29) is 17.9 Å². The second-order valence-electron chi connectivity index (χ2n) is 2.71. The first kappa shape index (κ1) is 7.28. The van der Waals surface area contributed by atoms with Gasteiger partial charge in [-0.2, -0.15) is 0 Å². The van der Waals surface area contributed by atoms with E-state index in [4.69, 9.17) is 5.73 Å². The van der Waals surface area contributed by atoms with Crippen LogP contribution in [0.1, 0.15) is 12.8 Å². The summed E-state index contributed by atoms with van der Waals surface area (Å²) in [7, 11) is 0. The van der Waals surface area contributed by atoms with Gasteiger partial charge >= 0.3 is 0 Å². The van der Waals surface area contributed by atoms with Crippen molar-refractivity contribution in [3.63, 3.8) is 0 Å². The van der Waals surface area contributed by atoms with Crippen LogP contribution in [0.15, 0.2) is 12.2 Å². The minimum atomic E-state index is -0.218. The highest BCUT2D eigenvalue weighted by molar-refractivity contribution is 5.77. The highest BCUT2D eigenvalue weighted by atomic mass is 16.1. The van der Waals surface area contributed by atoms with Crippen molar-refractivity contribution in [3.8, 4) is 0 Å². The molecule has 0 aromatic rings. The molecule has 5 N–H and O–H groups in total. The minimum absolute atomic E-state index is 0.0370. The molecular weight excluding hydrogens is 128 g/mol. The SMILES string of the molecule is NC(=O)[C@@H]1CC=CC[C@H]1[NH3+]. The van der Waals surface area contributed by atoms with Crippen LogP contribution in [-0.4, -0.2) is 11.9 Å². The predicted molar refractivity (Wildman–Crippen MR) is 37.7 cm³/mol. The summed E-state index contributed by atoms with van der Waals surface area (Å²) in [5.41, 5.74) is 8.99. The number of rotatable bonds is 1. The number of carbonyl (C=O) groups excluding carboxylic acids is 1. The van der Waals surface area contributed by atoms with Gasteiger partial charge in [0.15, 0.2) is 0 Å². The standard InChI is InChI=1S/C7H12N2O/c8-6-4-2-1-3-5(6)7(9)10/h1-2,5-6H,3-4,8H2,(H2,9,10)/p+1/t5-,6-/m1/s1. The quantitative estimate of drug-likeness (QED) is 0.454. The maximum Gasteiger partial charge on any atom is 0.226 e. The number of hydrogen-bond donors (Lipinski definition) is 2. The molecule has 0 saturated carbocycles. The molecule has 0 aromatic carbocycles. The molecule has 2 atom stereocenters. The van der Waals surface area contributed by atoms with Gasteiger partial charge in [0.1, 0.15) is 0 Å². The minimum Gasteiger partial charge on any atom is -0.369 e. The lowest BCUT2D eigenvalue weighted by molar-refractivity contribution is -0.428. The van der Waals surface area contributed by atoms with E-state index in [1.54, 1.807) is 0 Å². The van der Waals surface area contributed by atoms with E-state index in [2.05, 4.69) is 11.8 Å². The fourth-order valence-corrected chi connectivity index (χ4v) is 1.22. The molecular formula is C7H13N2O+. The van der Waals surface area contributed by atoms with Crippen LogP contribution in [0, 0.1) is 5.92 Å². The Labute approximate surface area is 60.1 Å². The number of amides is 1. The molecule has 0 aliphatic heterocycles. The molecule has 1 aliphatic rings. The third-order valence-electron chi connectivity index (χ3n) is 1.93. The molecule has 3 heteroatoms. The topological polar surface area (TPSA) is 70.7 Å². The van der Waals surface area contributed by atoms with Gasteiger partial charge < -0.3 is 11.5 Å². The van der Waals surface area contributed by atoms with Crippen molar-refractivity contribution < 1.29 is 10.5 Å².